The molecular formula is C15H16N6O2S. The van der Waals surface area contributed by atoms with Gasteiger partial charge in [-0.05, 0) is 42.9 Å². The van der Waals surface area contributed by atoms with Crippen LogP contribution < -0.4 is 16.4 Å². The first-order valence-electron chi connectivity index (χ1n) is 6.91. The van der Waals surface area contributed by atoms with Crippen LogP contribution in [0.3, 0.4) is 0 Å². The Morgan fingerprint density at radius 2 is 2.17 bits per heavy atom. The molecule has 0 unspecified atom stereocenters. The zero-order valence-electron chi connectivity index (χ0n) is 12.9. The van der Waals surface area contributed by atoms with Crippen molar-refractivity contribution >= 4 is 35.1 Å². The minimum Gasteiger partial charge on any atom is -0.445 e. The van der Waals surface area contributed by atoms with Crippen molar-refractivity contribution in [2.24, 2.45) is 5.73 Å². The Morgan fingerprint density at radius 3 is 2.88 bits per heavy atom. The number of amidine groups is 1. The quantitative estimate of drug-likeness (QED) is 0.378. The van der Waals surface area contributed by atoms with Gasteiger partial charge in [0.25, 0.3) is 0 Å². The first-order valence-corrected chi connectivity index (χ1v) is 7.32. The van der Waals surface area contributed by atoms with Crippen molar-refractivity contribution in [3.63, 3.8) is 0 Å². The van der Waals surface area contributed by atoms with E-state index in [0.29, 0.717) is 17.1 Å². The summed E-state index contributed by atoms with van der Waals surface area (Å²) in [5, 5.41) is 13.8. The molecule has 124 valence electrons. The lowest BCUT2D eigenvalue weighted by Gasteiger charge is -2.13. The molecule has 0 spiro atoms. The average molecular weight is 344 g/mol. The number of aryl methyl sites for hydroxylation is 1. The summed E-state index contributed by atoms with van der Waals surface area (Å²) in [6.07, 6.45) is 2.31. The van der Waals surface area contributed by atoms with Crippen molar-refractivity contribution in [2.75, 3.05) is 5.32 Å². The Morgan fingerprint density at radius 1 is 1.38 bits per heavy atom. The molecule has 0 bridgehead atoms. The molecule has 2 heterocycles. The molecule has 0 saturated carbocycles. The van der Waals surface area contributed by atoms with Crippen molar-refractivity contribution in [1.29, 1.82) is 5.41 Å². The van der Waals surface area contributed by atoms with Crippen LogP contribution in [0.4, 0.5) is 10.6 Å². The van der Waals surface area contributed by atoms with Gasteiger partial charge in [-0.15, -0.1) is 0 Å². The zero-order valence-corrected chi connectivity index (χ0v) is 13.7. The minimum atomic E-state index is -0.877. The topological polar surface area (TPSA) is 126 Å². The van der Waals surface area contributed by atoms with E-state index in [1.807, 2.05) is 13.0 Å². The number of rotatable bonds is 4. The Labute approximate surface area is 144 Å². The molecule has 0 fully saturated rings. The minimum absolute atomic E-state index is 0.0367. The van der Waals surface area contributed by atoms with E-state index >= 15 is 0 Å². The molecule has 5 N–H and O–H groups in total. The number of anilines is 1. The normalized spacial score (nSPS) is 9.88. The van der Waals surface area contributed by atoms with Crippen molar-refractivity contribution in [1.82, 2.24) is 15.3 Å². The van der Waals surface area contributed by atoms with Gasteiger partial charge in [0.2, 0.25) is 0 Å². The lowest BCUT2D eigenvalue weighted by molar-refractivity contribution is 0.150. The van der Waals surface area contributed by atoms with Crippen molar-refractivity contribution in [3.05, 3.63) is 53.5 Å². The van der Waals surface area contributed by atoms with E-state index in [2.05, 4.69) is 20.6 Å². The van der Waals surface area contributed by atoms with Crippen LogP contribution in [0, 0.1) is 12.3 Å². The second-order valence-electron chi connectivity index (χ2n) is 4.79. The fourth-order valence-electron chi connectivity index (χ4n) is 1.81. The molecule has 1 amide bonds. The molecule has 0 radical (unpaired) electrons. The summed E-state index contributed by atoms with van der Waals surface area (Å²) in [6, 6.07) is 7.02. The third-order valence-corrected chi connectivity index (χ3v) is 3.11. The number of thiocarbonyl (C=S) groups is 1. The van der Waals surface area contributed by atoms with Crippen LogP contribution in [0.1, 0.15) is 16.8 Å². The molecule has 8 nitrogen and oxygen atoms in total. The van der Waals surface area contributed by atoms with Crippen molar-refractivity contribution < 1.29 is 9.53 Å². The third-order valence-electron chi connectivity index (χ3n) is 2.90. The molecule has 0 saturated heterocycles. The molecule has 0 aliphatic carbocycles. The third kappa shape index (κ3) is 4.99. The van der Waals surface area contributed by atoms with Crippen LogP contribution in [0.5, 0.6) is 0 Å². The van der Waals surface area contributed by atoms with E-state index < -0.39 is 6.09 Å². The maximum absolute atomic E-state index is 10.7. The number of pyridine rings is 2. The van der Waals surface area contributed by atoms with Crippen LogP contribution in [0.15, 0.2) is 36.7 Å². The highest BCUT2D eigenvalue weighted by atomic mass is 32.1. The SMILES string of the molecule is Cc1ccnc(C(=N)NC(=S)Nc2ncccc2COC(N)=O)c1. The summed E-state index contributed by atoms with van der Waals surface area (Å²) in [5.74, 6) is 0.461. The van der Waals surface area contributed by atoms with Gasteiger partial charge in [0.15, 0.2) is 10.9 Å². The molecule has 2 rings (SSSR count). The lowest BCUT2D eigenvalue weighted by Crippen LogP contribution is -2.35. The van der Waals surface area contributed by atoms with E-state index in [-0.39, 0.29) is 17.6 Å². The Balaban J connectivity index is 2.02. The van der Waals surface area contributed by atoms with E-state index in [1.54, 1.807) is 30.6 Å². The maximum Gasteiger partial charge on any atom is 0.404 e. The molecule has 0 atom stereocenters. The number of ether oxygens (including phenoxy) is 1. The van der Waals surface area contributed by atoms with Gasteiger partial charge in [0.1, 0.15) is 18.1 Å². The molecule has 24 heavy (non-hydrogen) atoms. The number of nitrogens with zero attached hydrogens (tertiary/aromatic N) is 2. The number of carbonyl (C=O) groups excluding carboxylic acids is 1. The van der Waals surface area contributed by atoms with E-state index in [4.69, 9.17) is 28.1 Å². The van der Waals surface area contributed by atoms with E-state index in [0.717, 1.165) is 5.56 Å². The van der Waals surface area contributed by atoms with Crippen LogP contribution in [-0.2, 0) is 11.3 Å². The molecule has 0 aromatic carbocycles. The summed E-state index contributed by atoms with van der Waals surface area (Å²) in [7, 11) is 0. The van der Waals surface area contributed by atoms with Crippen molar-refractivity contribution in [3.8, 4) is 0 Å². The Hall–Kier alpha value is -3.07. The average Bonchev–Trinajstić information content (AvgIpc) is 2.53. The number of carbonyl (C=O) groups is 1. The highest BCUT2D eigenvalue weighted by Gasteiger charge is 2.10. The standard InChI is InChI=1S/C15H16N6O2S/c1-9-4-6-18-11(7-9)12(16)20-15(24)21-13-10(3-2-5-19-13)8-23-14(17)22/h2-7H,8H2,1H3,(H2,17,22)(H3,16,19,20,21,24). The van der Waals surface area contributed by atoms with Gasteiger partial charge in [-0.2, -0.15) is 0 Å². The fourth-order valence-corrected chi connectivity index (χ4v) is 2.00. The van der Waals surface area contributed by atoms with Crippen molar-refractivity contribution in [2.45, 2.75) is 13.5 Å². The number of amides is 1. The highest BCUT2D eigenvalue weighted by molar-refractivity contribution is 7.80. The van der Waals surface area contributed by atoms with Crippen LogP contribution in [-0.4, -0.2) is 27.0 Å². The Kier molecular flexibility index (Phi) is 5.74. The molecule has 2 aromatic heterocycles. The van der Waals surface area contributed by atoms with Gasteiger partial charge < -0.3 is 21.1 Å². The van der Waals surface area contributed by atoms with Crippen LogP contribution in [0.2, 0.25) is 0 Å². The maximum atomic E-state index is 10.7. The van der Waals surface area contributed by atoms with Gasteiger partial charge in [-0.25, -0.2) is 9.78 Å². The second-order valence-corrected chi connectivity index (χ2v) is 5.20. The van der Waals surface area contributed by atoms with Crippen LogP contribution >= 0.6 is 12.2 Å². The lowest BCUT2D eigenvalue weighted by atomic mass is 10.2. The summed E-state index contributed by atoms with van der Waals surface area (Å²) >= 11 is 5.18. The molecule has 2 aromatic rings. The van der Waals surface area contributed by atoms with Gasteiger partial charge in [0, 0.05) is 18.0 Å². The summed E-state index contributed by atoms with van der Waals surface area (Å²) < 4.78 is 4.76. The smallest absolute Gasteiger partial charge is 0.404 e. The highest BCUT2D eigenvalue weighted by Crippen LogP contribution is 2.12. The predicted octanol–water partition coefficient (Wildman–Crippen LogP) is 1.69. The first-order chi connectivity index (χ1) is 11.5. The number of nitrogens with two attached hydrogens (primary N) is 1. The number of nitrogens with one attached hydrogen (secondary N) is 3. The first kappa shape index (κ1) is 17.3. The Bertz CT molecular complexity index is 780. The molecule has 0 aliphatic heterocycles. The molecule has 0 aliphatic rings. The van der Waals surface area contributed by atoms with E-state index in [9.17, 15) is 4.79 Å². The van der Waals surface area contributed by atoms with Crippen LogP contribution in [0.25, 0.3) is 0 Å². The van der Waals surface area contributed by atoms with Gasteiger partial charge >= 0.3 is 6.09 Å². The number of aromatic nitrogens is 2. The zero-order chi connectivity index (χ0) is 17.5. The molecular weight excluding hydrogens is 328 g/mol. The number of hydrogen-bond donors (Lipinski definition) is 4. The van der Waals surface area contributed by atoms with Gasteiger partial charge in [-0.1, -0.05) is 6.07 Å². The summed E-state index contributed by atoms with van der Waals surface area (Å²) in [5.41, 5.74) is 7.01. The van der Waals surface area contributed by atoms with E-state index in [1.165, 1.54) is 0 Å². The summed E-state index contributed by atoms with van der Waals surface area (Å²) in [6.45, 7) is 1.87. The fraction of sp³-hybridized carbons (Fsp3) is 0.133. The number of primary amides is 1. The predicted molar refractivity (Wildman–Crippen MR) is 93.8 cm³/mol. The van der Waals surface area contributed by atoms with Gasteiger partial charge in [0.05, 0.1) is 0 Å². The second kappa shape index (κ2) is 7.97. The monoisotopic (exact) mass is 344 g/mol. The largest absolute Gasteiger partial charge is 0.445 e. The van der Waals surface area contributed by atoms with Gasteiger partial charge in [-0.3, -0.25) is 10.4 Å². The number of hydrogen-bond acceptors (Lipinski definition) is 6. The molecule has 9 heteroatoms. The summed E-state index contributed by atoms with van der Waals surface area (Å²) in [4.78, 5) is 19.0.